The number of hydrogen-bond donors (Lipinski definition) is 3. The summed E-state index contributed by atoms with van der Waals surface area (Å²) < 4.78 is -1.85. The number of rotatable bonds is 9. The van der Waals surface area contributed by atoms with Gasteiger partial charge in [0.05, 0.1) is 4.92 Å². The predicted molar refractivity (Wildman–Crippen MR) is 113 cm³/mol. The Labute approximate surface area is 178 Å². The fourth-order valence-corrected chi connectivity index (χ4v) is 2.70. The lowest BCUT2D eigenvalue weighted by molar-refractivity contribution is -0.384. The third-order valence-electron chi connectivity index (χ3n) is 3.48. The molecule has 1 atom stereocenters. The standard InChI is InChI=1S/C16H21Cl3N4O3S/c1-2-3-4-5-9-13(24)21-14(16(17,18)19)22-15(27)20-11-7-6-8-12(10-11)23(25)26/h6-8,10,14H,2-5,9H2,1H3,(H,21,24)(H2,20,22,27)/t14-/m0/s1. The van der Waals surface area contributed by atoms with Crippen LogP contribution in [0.1, 0.15) is 39.0 Å². The number of non-ortho nitro benzene ring substituents is 1. The summed E-state index contributed by atoms with van der Waals surface area (Å²) in [6.07, 6.45) is 3.04. The highest BCUT2D eigenvalue weighted by molar-refractivity contribution is 7.80. The first kappa shape index (κ1) is 23.7. The van der Waals surface area contributed by atoms with Crippen molar-refractivity contribution in [3.05, 3.63) is 34.4 Å². The van der Waals surface area contributed by atoms with Crippen molar-refractivity contribution in [2.24, 2.45) is 0 Å². The molecule has 150 valence electrons. The van der Waals surface area contributed by atoms with Crippen molar-refractivity contribution in [1.82, 2.24) is 10.6 Å². The van der Waals surface area contributed by atoms with Gasteiger partial charge in [0.1, 0.15) is 6.17 Å². The quantitative estimate of drug-likeness (QED) is 0.125. The fourth-order valence-electron chi connectivity index (χ4n) is 2.14. The van der Waals surface area contributed by atoms with Crippen LogP contribution < -0.4 is 16.0 Å². The molecule has 0 bridgehead atoms. The van der Waals surface area contributed by atoms with Crippen molar-refractivity contribution >= 4 is 69.4 Å². The molecule has 0 unspecified atom stereocenters. The first-order valence-electron chi connectivity index (χ1n) is 8.31. The van der Waals surface area contributed by atoms with Crippen molar-refractivity contribution in [2.75, 3.05) is 5.32 Å². The van der Waals surface area contributed by atoms with Gasteiger partial charge in [-0.2, -0.15) is 0 Å². The molecule has 0 aromatic heterocycles. The van der Waals surface area contributed by atoms with E-state index in [2.05, 4.69) is 22.9 Å². The highest BCUT2D eigenvalue weighted by Crippen LogP contribution is 2.29. The number of carbonyl (C=O) groups excluding carboxylic acids is 1. The number of thiocarbonyl (C=S) groups is 1. The molecule has 0 aliphatic rings. The van der Waals surface area contributed by atoms with E-state index in [0.717, 1.165) is 25.7 Å². The molecule has 0 aliphatic carbocycles. The van der Waals surface area contributed by atoms with E-state index >= 15 is 0 Å². The van der Waals surface area contributed by atoms with Crippen LogP contribution in [0.15, 0.2) is 24.3 Å². The number of halogens is 3. The number of nitro groups is 1. The molecule has 1 aromatic carbocycles. The van der Waals surface area contributed by atoms with Crippen LogP contribution in [0.3, 0.4) is 0 Å². The second-order valence-electron chi connectivity index (χ2n) is 5.76. The lowest BCUT2D eigenvalue weighted by Gasteiger charge is -2.27. The molecule has 0 spiro atoms. The van der Waals surface area contributed by atoms with Crippen molar-refractivity contribution in [3.63, 3.8) is 0 Å². The van der Waals surface area contributed by atoms with Crippen molar-refractivity contribution in [2.45, 2.75) is 49.0 Å². The molecule has 0 radical (unpaired) electrons. The second kappa shape index (κ2) is 11.5. The van der Waals surface area contributed by atoms with Crippen LogP contribution in [0, 0.1) is 10.1 Å². The minimum absolute atomic E-state index is 0.0399. The lowest BCUT2D eigenvalue weighted by atomic mass is 10.1. The summed E-state index contributed by atoms with van der Waals surface area (Å²) in [6, 6.07) is 5.76. The van der Waals surface area contributed by atoms with Gasteiger partial charge in [-0.05, 0) is 24.7 Å². The second-order valence-corrected chi connectivity index (χ2v) is 8.54. The van der Waals surface area contributed by atoms with E-state index in [0.29, 0.717) is 12.1 Å². The maximum Gasteiger partial charge on any atom is 0.271 e. The maximum absolute atomic E-state index is 12.1. The van der Waals surface area contributed by atoms with Crippen LogP contribution in [-0.2, 0) is 4.79 Å². The molecule has 0 heterocycles. The minimum atomic E-state index is -1.85. The Balaban J connectivity index is 2.65. The zero-order valence-electron chi connectivity index (χ0n) is 14.6. The van der Waals surface area contributed by atoms with Gasteiger partial charge in [0, 0.05) is 24.2 Å². The zero-order valence-corrected chi connectivity index (χ0v) is 17.7. The Morgan fingerprint density at radius 3 is 2.56 bits per heavy atom. The Morgan fingerprint density at radius 2 is 1.96 bits per heavy atom. The largest absolute Gasteiger partial charge is 0.339 e. The van der Waals surface area contributed by atoms with E-state index in [4.69, 9.17) is 47.0 Å². The van der Waals surface area contributed by atoms with E-state index in [9.17, 15) is 14.9 Å². The summed E-state index contributed by atoms with van der Waals surface area (Å²) in [7, 11) is 0. The van der Waals surface area contributed by atoms with Crippen LogP contribution in [0.25, 0.3) is 0 Å². The van der Waals surface area contributed by atoms with Gasteiger partial charge in [0.2, 0.25) is 9.70 Å². The molecule has 0 saturated carbocycles. The van der Waals surface area contributed by atoms with Gasteiger partial charge in [-0.15, -0.1) is 0 Å². The number of nitrogens with zero attached hydrogens (tertiary/aromatic N) is 1. The van der Waals surface area contributed by atoms with E-state index in [1.54, 1.807) is 6.07 Å². The lowest BCUT2D eigenvalue weighted by Crippen LogP contribution is -2.56. The van der Waals surface area contributed by atoms with Gasteiger partial charge in [-0.3, -0.25) is 14.9 Å². The highest BCUT2D eigenvalue weighted by Gasteiger charge is 2.34. The summed E-state index contributed by atoms with van der Waals surface area (Å²) in [5, 5.41) is 18.9. The van der Waals surface area contributed by atoms with Gasteiger partial charge in [-0.1, -0.05) is 67.1 Å². The van der Waals surface area contributed by atoms with Gasteiger partial charge in [0.25, 0.3) is 5.69 Å². The molecule has 7 nitrogen and oxygen atoms in total. The molecule has 1 aromatic rings. The van der Waals surface area contributed by atoms with Crippen molar-refractivity contribution in [1.29, 1.82) is 0 Å². The molecule has 0 aliphatic heterocycles. The molecule has 0 fully saturated rings. The summed E-state index contributed by atoms with van der Waals surface area (Å²) in [4.78, 5) is 22.4. The molecule has 0 saturated heterocycles. The average Bonchev–Trinajstić information content (AvgIpc) is 2.57. The number of anilines is 1. The number of hydrogen-bond acceptors (Lipinski definition) is 4. The number of carbonyl (C=O) groups is 1. The molecule has 27 heavy (non-hydrogen) atoms. The Kier molecular flexibility index (Phi) is 10.1. The van der Waals surface area contributed by atoms with E-state index < -0.39 is 14.9 Å². The Hall–Kier alpha value is -1.35. The van der Waals surface area contributed by atoms with Crippen molar-refractivity contribution in [3.8, 4) is 0 Å². The predicted octanol–water partition coefficient (Wildman–Crippen LogP) is 4.66. The van der Waals surface area contributed by atoms with E-state index in [-0.39, 0.29) is 16.7 Å². The molecular weight excluding hydrogens is 435 g/mol. The van der Waals surface area contributed by atoms with Gasteiger partial charge in [-0.25, -0.2) is 0 Å². The molecule has 1 rings (SSSR count). The summed E-state index contributed by atoms with van der Waals surface area (Å²) >= 11 is 22.9. The molecular formula is C16H21Cl3N4O3S. The topological polar surface area (TPSA) is 96.3 Å². The number of nitrogens with one attached hydrogen (secondary N) is 3. The third kappa shape index (κ3) is 9.41. The third-order valence-corrected chi connectivity index (χ3v) is 4.35. The summed E-state index contributed by atoms with van der Waals surface area (Å²) in [5.74, 6) is -0.270. The Bertz CT molecular complexity index is 671. The SMILES string of the molecule is CCCCCCC(=O)N[C@@H](NC(=S)Nc1cccc([N+](=O)[O-])c1)C(Cl)(Cl)Cl. The van der Waals surface area contributed by atoms with E-state index in [1.807, 2.05) is 0 Å². The highest BCUT2D eigenvalue weighted by atomic mass is 35.6. The molecule has 1 amide bonds. The first-order valence-corrected chi connectivity index (χ1v) is 9.85. The van der Waals surface area contributed by atoms with Gasteiger partial charge in [0.15, 0.2) is 5.11 Å². The first-order chi connectivity index (χ1) is 12.6. The summed E-state index contributed by atoms with van der Waals surface area (Å²) in [6.45, 7) is 2.08. The number of benzene rings is 1. The molecule has 3 N–H and O–H groups in total. The van der Waals surface area contributed by atoms with Crippen molar-refractivity contribution < 1.29 is 9.72 Å². The van der Waals surface area contributed by atoms with Gasteiger partial charge >= 0.3 is 0 Å². The van der Waals surface area contributed by atoms with Crippen LogP contribution >= 0.6 is 47.0 Å². The van der Waals surface area contributed by atoms with Crippen LogP contribution in [0.2, 0.25) is 0 Å². The van der Waals surface area contributed by atoms with Crippen LogP contribution in [0.4, 0.5) is 11.4 Å². The molecule has 11 heteroatoms. The smallest absolute Gasteiger partial charge is 0.271 e. The monoisotopic (exact) mass is 454 g/mol. The fraction of sp³-hybridized carbons (Fsp3) is 0.500. The van der Waals surface area contributed by atoms with E-state index in [1.165, 1.54) is 18.2 Å². The maximum atomic E-state index is 12.1. The minimum Gasteiger partial charge on any atom is -0.339 e. The van der Waals surface area contributed by atoms with Gasteiger partial charge < -0.3 is 16.0 Å². The number of nitro benzene ring substituents is 1. The number of alkyl halides is 3. The average molecular weight is 456 g/mol. The zero-order chi connectivity index (χ0) is 20.4. The van der Waals surface area contributed by atoms with Crippen LogP contribution in [-0.4, -0.2) is 25.9 Å². The van der Waals surface area contributed by atoms with Crippen LogP contribution in [0.5, 0.6) is 0 Å². The Morgan fingerprint density at radius 1 is 1.26 bits per heavy atom. The summed E-state index contributed by atoms with van der Waals surface area (Å²) in [5.41, 5.74) is 0.289. The number of amides is 1. The normalized spacial score (nSPS) is 12.1. The number of unbranched alkanes of at least 4 members (excludes halogenated alkanes) is 3.